The fraction of sp³-hybridized carbons (Fsp3) is 0.174. The topological polar surface area (TPSA) is 66.5 Å². The van der Waals surface area contributed by atoms with Crippen LogP contribution in [0.15, 0.2) is 83.8 Å². The number of anilines is 1. The lowest BCUT2D eigenvalue weighted by Gasteiger charge is -2.19. The number of hydrogen-bond donors (Lipinski definition) is 1. The molecule has 0 unspecified atom stereocenters. The van der Waals surface area contributed by atoms with E-state index in [4.69, 9.17) is 0 Å². The molecule has 1 N–H and O–H groups in total. The molecule has 0 atom stereocenters. The number of carbonyl (C=O) groups is 1. The SMILES string of the molecule is CN(c1ccccc1)S(=O)(=O)c1cccc(C(=O)NCCSCc2ccccc2F)c1. The first-order valence-corrected chi connectivity index (χ1v) is 12.2. The monoisotopic (exact) mass is 458 g/mol. The molecule has 0 saturated carbocycles. The summed E-state index contributed by atoms with van der Waals surface area (Å²) in [4.78, 5) is 12.5. The predicted molar refractivity (Wildman–Crippen MR) is 123 cm³/mol. The molecule has 0 aliphatic carbocycles. The highest BCUT2D eigenvalue weighted by Crippen LogP contribution is 2.22. The molecule has 31 heavy (non-hydrogen) atoms. The fourth-order valence-electron chi connectivity index (χ4n) is 2.87. The van der Waals surface area contributed by atoms with Crippen LogP contribution in [-0.4, -0.2) is 33.7 Å². The lowest BCUT2D eigenvalue weighted by molar-refractivity contribution is 0.0956. The van der Waals surface area contributed by atoms with Crippen molar-refractivity contribution in [3.63, 3.8) is 0 Å². The Kier molecular flexibility index (Phi) is 7.70. The van der Waals surface area contributed by atoms with Gasteiger partial charge >= 0.3 is 0 Å². The number of sulfonamides is 1. The van der Waals surface area contributed by atoms with E-state index < -0.39 is 10.0 Å². The Labute approximate surface area is 186 Å². The number of carbonyl (C=O) groups excluding carboxylic acids is 1. The maximum absolute atomic E-state index is 13.6. The van der Waals surface area contributed by atoms with E-state index in [0.717, 1.165) is 0 Å². The molecule has 0 spiro atoms. The number of nitrogens with zero attached hydrogens (tertiary/aromatic N) is 1. The van der Waals surface area contributed by atoms with Crippen molar-refractivity contribution in [1.29, 1.82) is 0 Å². The van der Waals surface area contributed by atoms with Gasteiger partial charge in [-0.1, -0.05) is 42.5 Å². The minimum absolute atomic E-state index is 0.0421. The van der Waals surface area contributed by atoms with Gasteiger partial charge in [-0.25, -0.2) is 12.8 Å². The van der Waals surface area contributed by atoms with Crippen molar-refractivity contribution < 1.29 is 17.6 Å². The van der Waals surface area contributed by atoms with Gasteiger partial charge in [0.15, 0.2) is 0 Å². The van der Waals surface area contributed by atoms with Gasteiger partial charge in [-0.05, 0) is 42.0 Å². The highest BCUT2D eigenvalue weighted by Gasteiger charge is 2.22. The van der Waals surface area contributed by atoms with Crippen LogP contribution in [0.1, 0.15) is 15.9 Å². The molecule has 0 aromatic heterocycles. The van der Waals surface area contributed by atoms with Crippen molar-refractivity contribution in [3.8, 4) is 0 Å². The van der Waals surface area contributed by atoms with Gasteiger partial charge in [-0.2, -0.15) is 11.8 Å². The summed E-state index contributed by atoms with van der Waals surface area (Å²) in [6, 6.07) is 21.3. The van der Waals surface area contributed by atoms with Crippen LogP contribution >= 0.6 is 11.8 Å². The van der Waals surface area contributed by atoms with Crippen molar-refractivity contribution in [3.05, 3.63) is 95.8 Å². The van der Waals surface area contributed by atoms with E-state index in [1.807, 2.05) is 6.07 Å². The third kappa shape index (κ3) is 5.86. The Morgan fingerprint density at radius 3 is 2.45 bits per heavy atom. The van der Waals surface area contributed by atoms with Crippen molar-refractivity contribution in [2.75, 3.05) is 23.7 Å². The second kappa shape index (κ2) is 10.5. The van der Waals surface area contributed by atoms with Crippen molar-refractivity contribution in [2.45, 2.75) is 10.6 Å². The number of amides is 1. The highest BCUT2D eigenvalue weighted by atomic mass is 32.2. The normalized spacial score (nSPS) is 11.2. The minimum atomic E-state index is -3.80. The van der Waals surface area contributed by atoms with E-state index in [2.05, 4.69) is 5.32 Å². The zero-order chi connectivity index (χ0) is 22.3. The molecule has 8 heteroatoms. The van der Waals surface area contributed by atoms with Crippen LogP contribution in [0.4, 0.5) is 10.1 Å². The van der Waals surface area contributed by atoms with Gasteiger partial charge in [0.05, 0.1) is 10.6 Å². The smallest absolute Gasteiger partial charge is 0.264 e. The summed E-state index contributed by atoms with van der Waals surface area (Å²) >= 11 is 1.51. The third-order valence-electron chi connectivity index (χ3n) is 4.62. The molecule has 0 fully saturated rings. The summed E-state index contributed by atoms with van der Waals surface area (Å²) in [5.74, 6) is 0.528. The predicted octanol–water partition coefficient (Wildman–Crippen LogP) is 4.31. The highest BCUT2D eigenvalue weighted by molar-refractivity contribution is 7.98. The Hall–Kier alpha value is -2.84. The fourth-order valence-corrected chi connectivity index (χ4v) is 4.96. The van der Waals surface area contributed by atoms with E-state index in [-0.39, 0.29) is 22.2 Å². The Morgan fingerprint density at radius 1 is 1.00 bits per heavy atom. The number of hydrogen-bond acceptors (Lipinski definition) is 4. The molecule has 5 nitrogen and oxygen atoms in total. The van der Waals surface area contributed by atoms with Gasteiger partial charge < -0.3 is 5.32 Å². The average molecular weight is 459 g/mol. The maximum Gasteiger partial charge on any atom is 0.264 e. The zero-order valence-corrected chi connectivity index (χ0v) is 18.6. The van der Waals surface area contributed by atoms with Gasteiger partial charge in [0, 0.05) is 30.7 Å². The summed E-state index contributed by atoms with van der Waals surface area (Å²) in [5, 5.41) is 2.78. The molecule has 0 aliphatic rings. The molecular formula is C23H23FN2O3S2. The van der Waals surface area contributed by atoms with Gasteiger partial charge in [0.1, 0.15) is 5.82 Å². The Bertz CT molecular complexity index is 1140. The Morgan fingerprint density at radius 2 is 1.71 bits per heavy atom. The average Bonchev–Trinajstić information content (AvgIpc) is 2.80. The van der Waals surface area contributed by atoms with E-state index in [1.165, 1.54) is 41.3 Å². The summed E-state index contributed by atoms with van der Waals surface area (Å²) in [6.45, 7) is 0.388. The lowest BCUT2D eigenvalue weighted by atomic mass is 10.2. The summed E-state index contributed by atoms with van der Waals surface area (Å²) in [7, 11) is -2.32. The number of rotatable bonds is 9. The number of nitrogens with one attached hydrogen (secondary N) is 1. The third-order valence-corrected chi connectivity index (χ3v) is 7.41. The largest absolute Gasteiger partial charge is 0.351 e. The van der Waals surface area contributed by atoms with Gasteiger partial charge in [-0.3, -0.25) is 9.10 Å². The van der Waals surface area contributed by atoms with Gasteiger partial charge in [0.25, 0.3) is 15.9 Å². The molecule has 3 rings (SSSR count). The van der Waals surface area contributed by atoms with Crippen LogP contribution in [0.25, 0.3) is 0 Å². The summed E-state index contributed by atoms with van der Waals surface area (Å²) in [6.07, 6.45) is 0. The zero-order valence-electron chi connectivity index (χ0n) is 17.0. The molecule has 3 aromatic carbocycles. The van der Waals surface area contributed by atoms with E-state index in [1.54, 1.807) is 54.6 Å². The number of thioether (sulfide) groups is 1. The van der Waals surface area contributed by atoms with E-state index in [0.29, 0.717) is 29.3 Å². The lowest BCUT2D eigenvalue weighted by Crippen LogP contribution is -2.28. The van der Waals surface area contributed by atoms with E-state index in [9.17, 15) is 17.6 Å². The van der Waals surface area contributed by atoms with E-state index >= 15 is 0 Å². The maximum atomic E-state index is 13.6. The van der Waals surface area contributed by atoms with Gasteiger partial charge in [-0.15, -0.1) is 0 Å². The van der Waals surface area contributed by atoms with Crippen LogP contribution in [0, 0.1) is 5.82 Å². The first kappa shape index (κ1) is 22.8. The van der Waals surface area contributed by atoms with Crippen LogP contribution in [0.2, 0.25) is 0 Å². The molecule has 0 aliphatic heterocycles. The first-order chi connectivity index (χ1) is 14.9. The summed E-state index contributed by atoms with van der Waals surface area (Å²) < 4.78 is 40.7. The molecule has 0 saturated heterocycles. The molecule has 1 amide bonds. The molecule has 0 bridgehead atoms. The molecule has 0 radical (unpaired) electrons. The number of benzene rings is 3. The molecule has 162 valence electrons. The second-order valence-corrected chi connectivity index (χ2v) is 9.81. The van der Waals surface area contributed by atoms with Crippen molar-refractivity contribution in [2.24, 2.45) is 0 Å². The quantitative estimate of drug-likeness (QED) is 0.485. The number of halogens is 1. The van der Waals surface area contributed by atoms with Gasteiger partial charge in [0.2, 0.25) is 0 Å². The number of para-hydroxylation sites is 1. The Balaban J connectivity index is 1.58. The molecular weight excluding hydrogens is 435 g/mol. The van der Waals surface area contributed by atoms with Crippen LogP contribution in [0.3, 0.4) is 0 Å². The molecule has 3 aromatic rings. The first-order valence-electron chi connectivity index (χ1n) is 9.63. The van der Waals surface area contributed by atoms with Crippen LogP contribution in [-0.2, 0) is 15.8 Å². The van der Waals surface area contributed by atoms with Crippen molar-refractivity contribution in [1.82, 2.24) is 5.32 Å². The van der Waals surface area contributed by atoms with Crippen LogP contribution < -0.4 is 9.62 Å². The minimum Gasteiger partial charge on any atom is -0.351 e. The van der Waals surface area contributed by atoms with Crippen LogP contribution in [0.5, 0.6) is 0 Å². The molecule has 0 heterocycles. The van der Waals surface area contributed by atoms with Crippen molar-refractivity contribution >= 4 is 33.4 Å². The second-order valence-electron chi connectivity index (χ2n) is 6.74. The standard InChI is InChI=1S/C23H23FN2O3S2/c1-26(20-10-3-2-4-11-20)31(28,29)21-12-7-9-18(16-21)23(27)25-14-15-30-17-19-8-5-6-13-22(19)24/h2-13,16H,14-15,17H2,1H3,(H,25,27). The summed E-state index contributed by atoms with van der Waals surface area (Å²) in [5.41, 5.74) is 1.42.